The van der Waals surface area contributed by atoms with Crippen molar-refractivity contribution in [2.24, 2.45) is 5.10 Å². The Morgan fingerprint density at radius 3 is 2.23 bits per heavy atom. The van der Waals surface area contributed by atoms with Gasteiger partial charge in [0.05, 0.1) is 13.2 Å². The molecule has 0 unspecified atom stereocenters. The van der Waals surface area contributed by atoms with Crippen LogP contribution in [0.1, 0.15) is 69.7 Å². The molecule has 0 saturated heterocycles. The molecule has 3 aromatic rings. The van der Waals surface area contributed by atoms with Crippen molar-refractivity contribution >= 4 is 18.5 Å². The third-order valence-corrected chi connectivity index (χ3v) is 7.26. The largest absolute Gasteiger partial charge is 0.494 e. The van der Waals surface area contributed by atoms with Crippen molar-refractivity contribution in [2.45, 2.75) is 71.8 Å². The Labute approximate surface area is 254 Å². The van der Waals surface area contributed by atoms with E-state index in [1.807, 2.05) is 19.1 Å². The van der Waals surface area contributed by atoms with Crippen LogP contribution in [0.15, 0.2) is 71.8 Å². The van der Waals surface area contributed by atoms with Crippen LogP contribution >= 0.6 is 0 Å². The normalized spacial score (nSPS) is 12.1. The van der Waals surface area contributed by atoms with E-state index in [1.54, 1.807) is 49.3 Å². The van der Waals surface area contributed by atoms with Gasteiger partial charge in [0, 0.05) is 44.0 Å². The molecule has 0 atom stereocenters. The predicted octanol–water partition coefficient (Wildman–Crippen LogP) is 7.59. The number of hydrogen-bond acceptors (Lipinski definition) is 5. The Bertz CT molecular complexity index is 1400. The van der Waals surface area contributed by atoms with E-state index in [4.69, 9.17) is 4.74 Å². The number of benzene rings is 3. The van der Waals surface area contributed by atoms with Gasteiger partial charge in [0.25, 0.3) is 5.92 Å². The number of amides is 1. The van der Waals surface area contributed by atoms with Crippen LogP contribution in [0.3, 0.4) is 0 Å². The first-order valence-electron chi connectivity index (χ1n) is 14.7. The lowest BCUT2D eigenvalue weighted by molar-refractivity contribution is -0.115. The zero-order valence-electron chi connectivity index (χ0n) is 26.1. The summed E-state index contributed by atoms with van der Waals surface area (Å²) in [5.74, 6) is -2.28. The van der Waals surface area contributed by atoms with E-state index < -0.39 is 12.3 Å². The molecule has 8 heteroatoms. The minimum atomic E-state index is -3.17. The summed E-state index contributed by atoms with van der Waals surface area (Å²) in [4.78, 5) is 24.3. The number of hydrazone groups is 1. The van der Waals surface area contributed by atoms with Crippen molar-refractivity contribution in [3.05, 3.63) is 89.0 Å². The number of halogens is 2. The van der Waals surface area contributed by atoms with Gasteiger partial charge in [0.1, 0.15) is 17.9 Å². The molecular formula is C35H43F2N3O3. The molecular weight excluding hydrogens is 548 g/mol. The van der Waals surface area contributed by atoms with Crippen molar-refractivity contribution in [3.63, 3.8) is 0 Å². The zero-order valence-corrected chi connectivity index (χ0v) is 26.1. The Balaban J connectivity index is 1.80. The lowest BCUT2D eigenvalue weighted by atomic mass is 9.87. The molecule has 0 aromatic heterocycles. The number of carbonyl (C=O) groups is 2. The summed E-state index contributed by atoms with van der Waals surface area (Å²) in [6.07, 6.45) is 0.982. The Kier molecular flexibility index (Phi) is 11.6. The van der Waals surface area contributed by atoms with Crippen molar-refractivity contribution in [1.82, 2.24) is 9.91 Å². The first-order valence-corrected chi connectivity index (χ1v) is 14.7. The van der Waals surface area contributed by atoms with Gasteiger partial charge in [0.15, 0.2) is 0 Å². The Morgan fingerprint density at radius 2 is 1.63 bits per heavy atom. The lowest BCUT2D eigenvalue weighted by Crippen LogP contribution is -2.33. The van der Waals surface area contributed by atoms with Crippen LogP contribution in [0, 0.1) is 0 Å². The van der Waals surface area contributed by atoms with E-state index in [1.165, 1.54) is 22.6 Å². The number of rotatable bonds is 14. The first kappa shape index (κ1) is 33.4. The molecule has 0 N–H and O–H groups in total. The summed E-state index contributed by atoms with van der Waals surface area (Å²) in [7, 11) is 1.77. The summed E-state index contributed by atoms with van der Waals surface area (Å²) in [5.41, 5.74) is 4.19. The van der Waals surface area contributed by atoms with Crippen LogP contribution in [0.4, 0.5) is 8.78 Å². The number of amidine groups is 1. The van der Waals surface area contributed by atoms with Crippen LogP contribution in [-0.4, -0.2) is 48.6 Å². The van der Waals surface area contributed by atoms with Gasteiger partial charge >= 0.3 is 0 Å². The number of ether oxygens (including phenoxy) is 1. The zero-order chi connectivity index (χ0) is 31.6. The second-order valence-corrected chi connectivity index (χ2v) is 11.6. The number of alkyl halides is 2. The summed E-state index contributed by atoms with van der Waals surface area (Å²) < 4.78 is 36.9. The molecule has 3 aromatic carbocycles. The molecule has 43 heavy (non-hydrogen) atoms. The van der Waals surface area contributed by atoms with Crippen LogP contribution in [0.25, 0.3) is 11.1 Å². The van der Waals surface area contributed by atoms with Crippen molar-refractivity contribution in [3.8, 4) is 16.9 Å². The molecule has 0 heterocycles. The summed E-state index contributed by atoms with van der Waals surface area (Å²) in [6, 6.07) is 19.9. The maximum absolute atomic E-state index is 15.6. The molecule has 0 aliphatic rings. The second-order valence-electron chi connectivity index (χ2n) is 11.6. The lowest BCUT2D eigenvalue weighted by Gasteiger charge is -2.24. The van der Waals surface area contributed by atoms with Gasteiger partial charge in [0.2, 0.25) is 6.41 Å². The van der Waals surface area contributed by atoms with Crippen molar-refractivity contribution in [1.29, 1.82) is 0 Å². The maximum Gasteiger partial charge on any atom is 0.273 e. The van der Waals surface area contributed by atoms with Crippen molar-refractivity contribution in [2.75, 3.05) is 20.2 Å². The number of hydrogen-bond donors (Lipinski definition) is 0. The number of aldehydes is 1. The first-order chi connectivity index (χ1) is 20.4. The molecule has 230 valence electrons. The highest BCUT2D eigenvalue weighted by atomic mass is 19.3. The highest BCUT2D eigenvalue weighted by Gasteiger charge is 2.32. The molecule has 6 nitrogen and oxygen atoms in total. The maximum atomic E-state index is 15.6. The van der Waals surface area contributed by atoms with Crippen LogP contribution < -0.4 is 4.74 Å². The summed E-state index contributed by atoms with van der Waals surface area (Å²) in [6.45, 7) is 11.4. The molecule has 0 fully saturated rings. The van der Waals surface area contributed by atoms with Crippen LogP contribution in [0.5, 0.6) is 5.75 Å². The van der Waals surface area contributed by atoms with Gasteiger partial charge in [-0.2, -0.15) is 5.10 Å². The van der Waals surface area contributed by atoms with E-state index in [0.29, 0.717) is 43.0 Å². The van der Waals surface area contributed by atoms with Gasteiger partial charge < -0.3 is 14.4 Å². The van der Waals surface area contributed by atoms with Gasteiger partial charge in [-0.25, -0.2) is 8.78 Å². The third kappa shape index (κ3) is 9.21. The van der Waals surface area contributed by atoms with E-state index in [0.717, 1.165) is 17.4 Å². The second kappa shape index (κ2) is 14.9. The van der Waals surface area contributed by atoms with Crippen LogP contribution in [-0.2, 0) is 33.9 Å². The minimum Gasteiger partial charge on any atom is -0.494 e. The van der Waals surface area contributed by atoms with E-state index in [-0.39, 0.29) is 29.7 Å². The fourth-order valence-corrected chi connectivity index (χ4v) is 4.82. The Hall–Kier alpha value is -4.07. The van der Waals surface area contributed by atoms with E-state index >= 15 is 8.78 Å². The molecule has 0 bridgehead atoms. The molecule has 1 amide bonds. The van der Waals surface area contributed by atoms with Gasteiger partial charge in [-0.15, -0.1) is 0 Å². The average Bonchev–Trinajstić information content (AvgIpc) is 2.97. The predicted molar refractivity (Wildman–Crippen MR) is 168 cm³/mol. The molecule has 0 aliphatic heterocycles. The highest BCUT2D eigenvalue weighted by molar-refractivity contribution is 5.90. The summed E-state index contributed by atoms with van der Waals surface area (Å²) in [5, 5.41) is 6.24. The quantitative estimate of drug-likeness (QED) is 0.0839. The average molecular weight is 592 g/mol. The van der Waals surface area contributed by atoms with E-state index in [9.17, 15) is 9.59 Å². The fourth-order valence-electron chi connectivity index (χ4n) is 4.82. The minimum absolute atomic E-state index is 0.0413. The van der Waals surface area contributed by atoms with Gasteiger partial charge in [-0.05, 0) is 59.7 Å². The molecule has 0 saturated carbocycles. The topological polar surface area (TPSA) is 62.2 Å². The summed E-state index contributed by atoms with van der Waals surface area (Å²) >= 11 is 0. The van der Waals surface area contributed by atoms with Gasteiger partial charge in [-0.1, -0.05) is 69.3 Å². The van der Waals surface area contributed by atoms with Crippen LogP contribution in [0.2, 0.25) is 0 Å². The molecule has 3 rings (SSSR count). The molecule has 0 aliphatic carbocycles. The monoisotopic (exact) mass is 591 g/mol. The van der Waals surface area contributed by atoms with Crippen molar-refractivity contribution < 1.29 is 23.1 Å². The van der Waals surface area contributed by atoms with E-state index in [2.05, 4.69) is 38.0 Å². The smallest absolute Gasteiger partial charge is 0.273 e. The SMILES string of the molecule is CCOc1ccc(-c2cccc(C(F)(F)CC/C(=N/N(C)Cc3ccc(C(C)(C)C)cc3)N(C=O)CC)c2)cc1CC=O. The molecule has 0 radical (unpaired) electrons. The third-order valence-electron chi connectivity index (χ3n) is 7.26. The molecule has 0 spiro atoms. The number of carbonyl (C=O) groups excluding carboxylic acids is 2. The standard InChI is InChI=1S/C35H43F2N3O3/c1-7-40(25-42)33(38-39(6)24-26-12-15-30(16-13-26)34(3,4)5)18-20-35(36,37)31-11-9-10-27(23-31)28-14-17-32(43-8-2)29(22-28)19-21-41/h9-17,21-23,25H,7-8,18-20,24H2,1-6H3/b38-33-. The van der Waals surface area contributed by atoms with Gasteiger partial charge in [-0.3, -0.25) is 9.80 Å². The fraction of sp³-hybridized carbons (Fsp3) is 0.400. The highest BCUT2D eigenvalue weighted by Crippen LogP contribution is 2.36. The number of nitrogens with zero attached hydrogens (tertiary/aromatic N) is 3. The Morgan fingerprint density at radius 1 is 0.930 bits per heavy atom.